The van der Waals surface area contributed by atoms with Crippen LogP contribution in [0.2, 0.25) is 0 Å². The number of hydrogen-bond acceptors (Lipinski definition) is 32. The monoisotopic (exact) mass is 1370 g/mol. The summed E-state index contributed by atoms with van der Waals surface area (Å²) in [5.41, 5.74) is -3.78. The summed E-state index contributed by atoms with van der Waals surface area (Å²) >= 11 is -0.0435. The first kappa shape index (κ1) is 65.9. The molecule has 89 heavy (non-hydrogen) atoms. The molecule has 47 heteroatoms. The molecule has 0 radical (unpaired) electrons. The summed E-state index contributed by atoms with van der Waals surface area (Å²) in [5.74, 6) is -5.58. The highest BCUT2D eigenvalue weighted by Gasteiger charge is 2.31. The van der Waals surface area contributed by atoms with E-state index < -0.39 is 208 Å². The third kappa shape index (κ3) is 13.8. The molecular weight excluding hydrogens is 1340 g/mol. The van der Waals surface area contributed by atoms with Gasteiger partial charge in [0.15, 0.2) is 22.9 Å². The van der Waals surface area contributed by atoms with Gasteiger partial charge in [-0.1, -0.05) is 5.04 Å². The fourth-order valence-electron chi connectivity index (χ4n) is 7.84. The van der Waals surface area contributed by atoms with Gasteiger partial charge in [-0.15, -0.1) is 40.1 Å². The minimum atomic E-state index is -5.76. The summed E-state index contributed by atoms with van der Waals surface area (Å²) in [7, 11) is -32.3. The van der Waals surface area contributed by atoms with Gasteiger partial charge in [0.1, 0.15) is 58.6 Å². The largest absolute Gasteiger partial charge is 0.595 e. The van der Waals surface area contributed by atoms with Crippen molar-refractivity contribution in [2.75, 3.05) is 5.73 Å². The third-order valence-electron chi connectivity index (χ3n) is 11.6. The number of nitrogen functional groups attached to an aromatic ring is 1. The first-order valence-corrected chi connectivity index (χ1v) is 31.9. The molecule has 7 aromatic carbocycles. The minimum Gasteiger partial charge on any atom is -0.595 e. The highest BCUT2D eigenvalue weighted by Crippen LogP contribution is 2.51. The minimum absolute atomic E-state index is 0.0435. The molecule has 15 N–H and O–H groups in total. The van der Waals surface area contributed by atoms with Gasteiger partial charge in [-0.2, -0.15) is 70.6 Å². The first-order valence-electron chi connectivity index (χ1n) is 22.5. The van der Waals surface area contributed by atoms with Gasteiger partial charge in [0, 0.05) is 28.3 Å². The number of carbonyl (C=O) groups is 1. The zero-order chi connectivity index (χ0) is 65.8. The van der Waals surface area contributed by atoms with Gasteiger partial charge < -0.3 is 31.4 Å². The Bertz CT molecular complexity index is 5180. The quantitative estimate of drug-likeness (QED) is 0.00960. The van der Waals surface area contributed by atoms with Crippen molar-refractivity contribution in [3.05, 3.63) is 102 Å². The van der Waals surface area contributed by atoms with Crippen molar-refractivity contribution in [2.45, 2.75) is 34.3 Å². The smallest absolute Gasteiger partial charge is 0.358 e. The van der Waals surface area contributed by atoms with E-state index in [0.29, 0.717) is 41.1 Å². The fraction of sp³-hybridized carbons (Fsp3) is 0. The second kappa shape index (κ2) is 24.1. The number of carboxylic acids is 1. The van der Waals surface area contributed by atoms with E-state index in [1.807, 2.05) is 0 Å². The Hall–Kier alpha value is -9.09. The number of carboxylic acid groups (broad SMARTS) is 1. The number of fused-ring (bicyclic) bond motifs is 2. The van der Waals surface area contributed by atoms with E-state index in [1.54, 1.807) is 0 Å². The lowest BCUT2D eigenvalue weighted by atomic mass is 10.0. The van der Waals surface area contributed by atoms with E-state index in [1.165, 1.54) is 0 Å². The first-order chi connectivity index (χ1) is 41.2. The summed E-state index contributed by atoms with van der Waals surface area (Å²) in [6.45, 7) is 0. The van der Waals surface area contributed by atoms with Crippen LogP contribution in [0.5, 0.6) is 17.4 Å². The molecule has 0 aliphatic heterocycles. The van der Waals surface area contributed by atoms with Crippen LogP contribution < -0.4 is 11.0 Å². The Morgan fingerprint density at radius 3 is 1.70 bits per heavy atom. The van der Waals surface area contributed by atoms with E-state index in [2.05, 4.69) is 55.4 Å². The lowest BCUT2D eigenvalue weighted by molar-refractivity contribution is -0.991. The summed E-state index contributed by atoms with van der Waals surface area (Å²) in [5, 5.41) is 105. The van der Waals surface area contributed by atoms with E-state index in [4.69, 9.17) is 11.0 Å². The Balaban J connectivity index is 1.24. The van der Waals surface area contributed by atoms with Crippen LogP contribution in [0.3, 0.4) is 0 Å². The highest BCUT2D eigenvalue weighted by molar-refractivity contribution is 7.94. The van der Waals surface area contributed by atoms with Gasteiger partial charge in [0.25, 0.3) is 60.7 Å². The molecular formula is C42H30N12O28S7. The number of aromatic carboxylic acids is 1. The fourth-order valence-corrected chi connectivity index (χ4v) is 12.2. The van der Waals surface area contributed by atoms with E-state index in [0.717, 1.165) is 54.6 Å². The van der Waals surface area contributed by atoms with Gasteiger partial charge in [-0.3, -0.25) is 27.3 Å². The maximum absolute atomic E-state index is 13.2. The number of aromatic nitrogens is 2. The standard InChI is InChI=1S/C42H30N12O28S7/c43-33-26(15-29(86(69,70)71)22-13-27(83-82-81-62)34(39(56)32(22)33)49-45-23-8-4-18(54(60)61)12-30(23)87(72,73)74)48-46-24-9-7-20-21(40(24)89(78,79)80)14-31(88(75,76)77)35(38(20)55)50-44-16-1-10-28(85(66,67)68)25(11-16)47-51-36-37(42(58)59)52-53(41(36)57)17-2-5-19(6-3-17)84(63,64)65/h1-15,54-57,60,62H,43H2,(H,58,59)(H,63,64,65)(H,66,67,68)(H,69,70,71)(H,72,73,74)(H,75,76,77)(H,78,79,80). The maximum atomic E-state index is 13.2. The van der Waals surface area contributed by atoms with Crippen LogP contribution in [0.15, 0.2) is 166 Å². The Kier molecular flexibility index (Phi) is 17.9. The number of anilines is 1. The zero-order valence-electron chi connectivity index (χ0n) is 42.5. The highest BCUT2D eigenvalue weighted by atomic mass is 32.2. The molecule has 40 nitrogen and oxygen atoms in total. The number of hydrogen-bond donors (Lipinski definition) is 14. The van der Waals surface area contributed by atoms with Crippen LogP contribution in [0, 0.1) is 5.21 Å². The van der Waals surface area contributed by atoms with Crippen LogP contribution in [0.1, 0.15) is 10.5 Å². The van der Waals surface area contributed by atoms with Crippen LogP contribution in [0.25, 0.3) is 27.2 Å². The van der Waals surface area contributed by atoms with Crippen molar-refractivity contribution in [3.8, 4) is 23.1 Å². The van der Waals surface area contributed by atoms with Crippen LogP contribution >= 0.6 is 12.0 Å². The topological polar surface area (TPSA) is 653 Å². The molecule has 0 saturated heterocycles. The Labute approximate surface area is 498 Å². The van der Waals surface area contributed by atoms with E-state index in [-0.39, 0.29) is 17.7 Å². The molecule has 0 aliphatic rings. The van der Waals surface area contributed by atoms with Crippen molar-refractivity contribution < 1.29 is 128 Å². The van der Waals surface area contributed by atoms with Crippen molar-refractivity contribution >= 4 is 157 Å². The number of azo groups is 4. The number of phenols is 2. The van der Waals surface area contributed by atoms with Crippen LogP contribution in [0.4, 0.5) is 56.9 Å². The van der Waals surface area contributed by atoms with Gasteiger partial charge in [0.05, 0.1) is 44.3 Å². The number of rotatable bonds is 20. The molecule has 0 spiro atoms. The van der Waals surface area contributed by atoms with Gasteiger partial charge in [0.2, 0.25) is 11.6 Å². The molecule has 0 bridgehead atoms. The molecule has 8 rings (SSSR count). The van der Waals surface area contributed by atoms with Gasteiger partial charge in [-0.25, -0.2) is 15.3 Å². The molecule has 0 fully saturated rings. The van der Waals surface area contributed by atoms with Crippen LogP contribution in [-0.4, -0.2) is 124 Å². The van der Waals surface area contributed by atoms with Crippen molar-refractivity contribution in [1.29, 1.82) is 0 Å². The number of nitrogens with zero attached hydrogens (tertiary/aromatic N) is 10. The normalized spacial score (nSPS) is 13.5. The summed E-state index contributed by atoms with van der Waals surface area (Å²) in [4.78, 5) is 4.57. The summed E-state index contributed by atoms with van der Waals surface area (Å²) in [6, 6.07) is 10.6. The average Bonchev–Trinajstić information content (AvgIpc) is 2.00. The molecule has 0 aliphatic carbocycles. The molecule has 0 saturated carbocycles. The van der Waals surface area contributed by atoms with Crippen LogP contribution in [-0.2, 0) is 70.1 Å². The number of aromatic hydroxyl groups is 3. The number of phenolic OH excluding ortho intramolecular Hbond substituents is 2. The Morgan fingerprint density at radius 2 is 1.12 bits per heavy atom. The molecule has 1 heterocycles. The average molecular weight is 1380 g/mol. The lowest BCUT2D eigenvalue weighted by Crippen LogP contribution is -2.99. The predicted octanol–water partition coefficient (Wildman–Crippen LogP) is 6.55. The zero-order valence-corrected chi connectivity index (χ0v) is 48.2. The second-order valence-corrected chi connectivity index (χ2v) is 26.2. The molecule has 468 valence electrons. The molecule has 1 atom stereocenters. The van der Waals surface area contributed by atoms with Crippen molar-refractivity contribution in [3.63, 3.8) is 0 Å². The predicted molar refractivity (Wildman–Crippen MR) is 293 cm³/mol. The number of nitrogens with two attached hydrogens (primary N) is 1. The maximum Gasteiger partial charge on any atom is 0.358 e. The molecule has 1 unspecified atom stereocenters. The molecule has 0 amide bonds. The van der Waals surface area contributed by atoms with E-state index >= 15 is 0 Å². The third-order valence-corrected chi connectivity index (χ3v) is 17.6. The molecule has 1 aromatic heterocycles. The molecule has 8 aromatic rings. The lowest BCUT2D eigenvalue weighted by Gasteiger charge is -2.15. The number of nitrogens with one attached hydrogen (secondary N) is 1. The van der Waals surface area contributed by atoms with Crippen molar-refractivity contribution in [1.82, 2.24) is 9.78 Å². The van der Waals surface area contributed by atoms with Crippen molar-refractivity contribution in [2.24, 2.45) is 40.9 Å². The van der Waals surface area contributed by atoms with Gasteiger partial charge in [-0.05, 0) is 78.9 Å². The number of quaternary nitrogens is 1. The van der Waals surface area contributed by atoms with E-state index in [9.17, 15) is 113 Å². The second-order valence-electron chi connectivity index (χ2n) is 17.1. The SMILES string of the molecule is Nc1c(N=Nc2ccc3c(O)c(N=Nc4ccc(S(=O)(=O)O)c(N=Nc5c(C(=O)O)nn(-c6ccc(S(=O)(=O)O)cc6)c5O)c4)c(S(=O)(=O)O)cc3c2S(=O)(=O)O)cc(S(=O)(=O)O)c2cc(SOOO)c(N=Nc3ccc([NH+]([O-])O)cc3S(=O)(=O)O)c(O)c12. The summed E-state index contributed by atoms with van der Waals surface area (Å²) in [6.07, 6.45) is 0. The van der Waals surface area contributed by atoms with Gasteiger partial charge >= 0.3 is 5.97 Å². The Morgan fingerprint density at radius 1 is 0.551 bits per heavy atom. The summed E-state index contributed by atoms with van der Waals surface area (Å²) < 4.78 is 215. The number of benzene rings is 7.